The molecule has 0 aliphatic rings. The number of unbranched alkanes of at least 4 members (excludes halogenated alkanes) is 1. The molecule has 0 spiro atoms. The lowest BCUT2D eigenvalue weighted by Crippen LogP contribution is -2.55. The van der Waals surface area contributed by atoms with Crippen molar-refractivity contribution in [1.29, 1.82) is 0 Å². The molecule has 0 radical (unpaired) electrons. The largest absolute Gasteiger partial charge is 0.444 e. The molecule has 0 aromatic heterocycles. The highest BCUT2D eigenvalue weighted by Gasteiger charge is 2.37. The van der Waals surface area contributed by atoms with Gasteiger partial charge in [-0.3, -0.25) is 9.59 Å². The quantitative estimate of drug-likeness (QED) is 0.450. The highest BCUT2D eigenvalue weighted by atomic mass is 16.6. The molecule has 0 saturated heterocycles. The molecule has 0 saturated carbocycles. The van der Waals surface area contributed by atoms with Gasteiger partial charge >= 0.3 is 6.09 Å². The number of carbonyl (C=O) groups is 3. The van der Waals surface area contributed by atoms with E-state index in [-0.39, 0.29) is 25.0 Å². The van der Waals surface area contributed by atoms with Crippen LogP contribution in [0.25, 0.3) is 0 Å². The number of nitrogens with one attached hydrogen (secondary N) is 2. The molecule has 180 valence electrons. The van der Waals surface area contributed by atoms with Crippen molar-refractivity contribution >= 4 is 17.9 Å². The van der Waals surface area contributed by atoms with Crippen LogP contribution in [0.1, 0.15) is 66.0 Å². The van der Waals surface area contributed by atoms with Gasteiger partial charge in [0.1, 0.15) is 17.7 Å². The Labute approximate surface area is 191 Å². The van der Waals surface area contributed by atoms with Crippen molar-refractivity contribution in [1.82, 2.24) is 15.5 Å². The molecule has 1 aromatic carbocycles. The first-order valence-corrected chi connectivity index (χ1v) is 11.2. The maximum absolute atomic E-state index is 13.6. The molecule has 0 heterocycles. The lowest BCUT2D eigenvalue weighted by Gasteiger charge is -2.35. The van der Waals surface area contributed by atoms with Crippen LogP contribution in [-0.2, 0) is 14.3 Å². The minimum absolute atomic E-state index is 0.0567. The van der Waals surface area contributed by atoms with E-state index in [1.54, 1.807) is 58.9 Å². The topological polar surface area (TPSA) is 108 Å². The second-order valence-corrected chi connectivity index (χ2v) is 9.08. The van der Waals surface area contributed by atoms with Gasteiger partial charge in [0.05, 0.1) is 6.61 Å². The third kappa shape index (κ3) is 8.86. The lowest BCUT2D eigenvalue weighted by molar-refractivity contribution is -0.143. The van der Waals surface area contributed by atoms with Gasteiger partial charge in [0, 0.05) is 13.1 Å². The maximum Gasteiger partial charge on any atom is 0.408 e. The van der Waals surface area contributed by atoms with Gasteiger partial charge in [-0.1, -0.05) is 57.5 Å². The van der Waals surface area contributed by atoms with Gasteiger partial charge in [0.25, 0.3) is 0 Å². The van der Waals surface area contributed by atoms with E-state index in [1.165, 1.54) is 4.90 Å². The number of hydrogen-bond acceptors (Lipinski definition) is 5. The Bertz CT molecular complexity index is 731. The summed E-state index contributed by atoms with van der Waals surface area (Å²) in [7, 11) is 0. The van der Waals surface area contributed by atoms with E-state index in [1.807, 2.05) is 13.0 Å². The number of aliphatic hydroxyl groups excluding tert-OH is 1. The average Bonchev–Trinajstić information content (AvgIpc) is 2.70. The molecule has 2 atom stereocenters. The normalized spacial score (nSPS) is 13.2. The third-order valence-electron chi connectivity index (χ3n) is 4.73. The molecule has 1 aromatic rings. The lowest BCUT2D eigenvalue weighted by atomic mass is 9.99. The average molecular weight is 450 g/mol. The van der Waals surface area contributed by atoms with Crippen LogP contribution in [-0.4, -0.2) is 59.3 Å². The number of aliphatic hydroxyl groups is 1. The minimum Gasteiger partial charge on any atom is -0.444 e. The van der Waals surface area contributed by atoms with Crippen molar-refractivity contribution in [2.45, 2.75) is 72.1 Å². The summed E-state index contributed by atoms with van der Waals surface area (Å²) in [5.74, 6) is -1.05. The smallest absolute Gasteiger partial charge is 0.408 e. The van der Waals surface area contributed by atoms with Crippen LogP contribution in [0.2, 0.25) is 0 Å². The summed E-state index contributed by atoms with van der Waals surface area (Å²) in [6.45, 7) is 11.0. The summed E-state index contributed by atoms with van der Waals surface area (Å²) in [5.41, 5.74) is -0.0892. The second kappa shape index (κ2) is 13.1. The second-order valence-electron chi connectivity index (χ2n) is 9.08. The van der Waals surface area contributed by atoms with Crippen LogP contribution in [0, 0.1) is 5.92 Å². The first-order valence-electron chi connectivity index (χ1n) is 11.2. The Kier molecular flexibility index (Phi) is 11.2. The summed E-state index contributed by atoms with van der Waals surface area (Å²) in [6.07, 6.45) is 1.03. The van der Waals surface area contributed by atoms with Gasteiger partial charge in [0.2, 0.25) is 11.8 Å². The molecule has 0 fully saturated rings. The van der Waals surface area contributed by atoms with E-state index in [2.05, 4.69) is 10.6 Å². The fourth-order valence-electron chi connectivity index (χ4n) is 3.19. The standard InChI is InChI=1S/C24H39N3O5/c1-7-8-14-25-21(29)20(18-12-10-9-11-13-18)27(15-16-28)22(30)19(17(2)3)26-23(31)32-24(4,5)6/h9-13,17,19-20,28H,7-8,14-16H2,1-6H3,(H,25,29)(H,26,31). The Morgan fingerprint density at radius 1 is 1.12 bits per heavy atom. The Morgan fingerprint density at radius 2 is 1.75 bits per heavy atom. The van der Waals surface area contributed by atoms with Crippen molar-refractivity contribution in [3.8, 4) is 0 Å². The molecular weight excluding hydrogens is 410 g/mol. The fourth-order valence-corrected chi connectivity index (χ4v) is 3.19. The molecule has 32 heavy (non-hydrogen) atoms. The van der Waals surface area contributed by atoms with Crippen molar-refractivity contribution in [3.05, 3.63) is 35.9 Å². The van der Waals surface area contributed by atoms with E-state index < -0.39 is 29.7 Å². The predicted octanol–water partition coefficient (Wildman–Crippen LogP) is 3.01. The Balaban J connectivity index is 3.26. The zero-order valence-corrected chi connectivity index (χ0v) is 20.2. The first-order chi connectivity index (χ1) is 15.0. The summed E-state index contributed by atoms with van der Waals surface area (Å²) in [4.78, 5) is 40.4. The molecule has 2 unspecified atom stereocenters. The number of amides is 3. The number of nitrogens with zero attached hydrogens (tertiary/aromatic N) is 1. The SMILES string of the molecule is CCCCNC(=O)C(c1ccccc1)N(CCO)C(=O)C(NC(=O)OC(C)(C)C)C(C)C. The molecule has 3 N–H and O–H groups in total. The molecular formula is C24H39N3O5. The van der Waals surface area contributed by atoms with Crippen molar-refractivity contribution < 1.29 is 24.2 Å². The van der Waals surface area contributed by atoms with Crippen LogP contribution >= 0.6 is 0 Å². The van der Waals surface area contributed by atoms with E-state index in [0.717, 1.165) is 12.8 Å². The minimum atomic E-state index is -0.936. The zero-order valence-electron chi connectivity index (χ0n) is 20.2. The predicted molar refractivity (Wildman–Crippen MR) is 124 cm³/mol. The molecule has 1 rings (SSSR count). The fraction of sp³-hybridized carbons (Fsp3) is 0.625. The zero-order chi connectivity index (χ0) is 24.3. The van der Waals surface area contributed by atoms with Crippen LogP contribution in [0.4, 0.5) is 4.79 Å². The number of rotatable bonds is 11. The van der Waals surface area contributed by atoms with E-state index >= 15 is 0 Å². The van der Waals surface area contributed by atoms with E-state index in [4.69, 9.17) is 4.74 Å². The van der Waals surface area contributed by atoms with Crippen LogP contribution in [0.5, 0.6) is 0 Å². The number of benzene rings is 1. The Hall–Kier alpha value is -2.61. The Morgan fingerprint density at radius 3 is 2.25 bits per heavy atom. The summed E-state index contributed by atoms with van der Waals surface area (Å²) in [5, 5.41) is 15.2. The number of ether oxygens (including phenoxy) is 1. The maximum atomic E-state index is 13.6. The van der Waals surface area contributed by atoms with E-state index in [9.17, 15) is 19.5 Å². The highest BCUT2D eigenvalue weighted by Crippen LogP contribution is 2.23. The monoisotopic (exact) mass is 449 g/mol. The highest BCUT2D eigenvalue weighted by molar-refractivity contribution is 5.92. The van der Waals surface area contributed by atoms with Crippen LogP contribution in [0.15, 0.2) is 30.3 Å². The number of hydrogen-bond donors (Lipinski definition) is 3. The number of alkyl carbamates (subject to hydrolysis) is 1. The summed E-state index contributed by atoms with van der Waals surface area (Å²) < 4.78 is 5.32. The first kappa shape index (κ1) is 27.4. The van der Waals surface area contributed by atoms with Crippen molar-refractivity contribution in [2.75, 3.05) is 19.7 Å². The van der Waals surface area contributed by atoms with Crippen molar-refractivity contribution in [2.24, 2.45) is 5.92 Å². The summed E-state index contributed by atoms with van der Waals surface area (Å²) in [6, 6.07) is 7.10. The van der Waals surface area contributed by atoms with Gasteiger partial charge in [-0.15, -0.1) is 0 Å². The molecule has 0 aliphatic carbocycles. The molecule has 0 aliphatic heterocycles. The van der Waals surface area contributed by atoms with Gasteiger partial charge in [-0.05, 0) is 38.7 Å². The van der Waals surface area contributed by atoms with Gasteiger partial charge in [-0.25, -0.2) is 4.79 Å². The van der Waals surface area contributed by atoms with Gasteiger partial charge in [-0.2, -0.15) is 0 Å². The van der Waals surface area contributed by atoms with Gasteiger partial charge < -0.3 is 25.4 Å². The molecule has 0 bridgehead atoms. The molecule has 8 heteroatoms. The molecule has 3 amide bonds. The van der Waals surface area contributed by atoms with Crippen molar-refractivity contribution in [3.63, 3.8) is 0 Å². The third-order valence-corrected chi connectivity index (χ3v) is 4.73. The number of carbonyl (C=O) groups excluding carboxylic acids is 3. The van der Waals surface area contributed by atoms with Crippen LogP contribution < -0.4 is 10.6 Å². The van der Waals surface area contributed by atoms with Crippen LogP contribution in [0.3, 0.4) is 0 Å². The molecule has 8 nitrogen and oxygen atoms in total. The van der Waals surface area contributed by atoms with E-state index in [0.29, 0.717) is 12.1 Å². The summed E-state index contributed by atoms with van der Waals surface area (Å²) >= 11 is 0. The van der Waals surface area contributed by atoms with Gasteiger partial charge in [0.15, 0.2) is 0 Å².